The van der Waals surface area contributed by atoms with Crippen molar-refractivity contribution in [2.24, 2.45) is 0 Å². The van der Waals surface area contributed by atoms with Crippen LogP contribution >= 0.6 is 7.82 Å². The third kappa shape index (κ3) is 3.38. The molecule has 126 valence electrons. The minimum Gasteiger partial charge on any atom is -0.394 e. The van der Waals surface area contributed by atoms with Crippen LogP contribution in [0.4, 0.5) is 0 Å². The number of phosphoric acid groups is 1. The number of aromatic amines is 1. The van der Waals surface area contributed by atoms with E-state index in [9.17, 15) is 19.7 Å². The van der Waals surface area contributed by atoms with Crippen molar-refractivity contribution in [3.8, 4) is 6.01 Å². The van der Waals surface area contributed by atoms with Crippen LogP contribution in [0.25, 0.3) is 11.0 Å². The van der Waals surface area contributed by atoms with Gasteiger partial charge >= 0.3 is 13.8 Å². The minimum atomic E-state index is -4.69. The highest BCUT2D eigenvalue weighted by atomic mass is 31.2. The largest absolute Gasteiger partial charge is 0.532 e. The van der Waals surface area contributed by atoms with Gasteiger partial charge in [0.05, 0.1) is 17.6 Å². The summed E-state index contributed by atoms with van der Waals surface area (Å²) >= 11 is 0. The first-order chi connectivity index (χ1) is 10.9. The molecular formula is C12H15N2O8P. The SMILES string of the molecule is O=P(O)(Oc1nc2ccccc2[nH]1)OC1O[C@H](CO)[C@@H](O)[C@H]1O. The standard InChI is InChI=1S/C12H15N2O8P/c15-5-8-9(16)10(17)11(20-8)21-23(18,19)22-12-13-6-3-1-2-4-7(6)14-12/h1-4,8-11,15-17H,5H2,(H,13,14)(H,18,19)/t8-,9-,10-,11?/m1/s1. The van der Waals surface area contributed by atoms with Gasteiger partial charge in [-0.1, -0.05) is 12.1 Å². The van der Waals surface area contributed by atoms with Gasteiger partial charge in [0.1, 0.15) is 18.3 Å². The van der Waals surface area contributed by atoms with E-state index in [1.165, 1.54) is 0 Å². The lowest BCUT2D eigenvalue weighted by Gasteiger charge is -2.18. The molecule has 1 aliphatic rings. The van der Waals surface area contributed by atoms with Crippen molar-refractivity contribution in [2.75, 3.05) is 6.61 Å². The predicted octanol–water partition coefficient (Wildman–Crippen LogP) is -0.502. The van der Waals surface area contributed by atoms with Crippen LogP contribution in [0.2, 0.25) is 0 Å². The number of hydrogen-bond donors (Lipinski definition) is 5. The van der Waals surface area contributed by atoms with E-state index in [-0.39, 0.29) is 6.01 Å². The molecular weight excluding hydrogens is 331 g/mol. The minimum absolute atomic E-state index is 0.247. The smallest absolute Gasteiger partial charge is 0.394 e. The fourth-order valence-corrected chi connectivity index (χ4v) is 2.97. The van der Waals surface area contributed by atoms with Gasteiger partial charge in [-0.05, 0) is 12.1 Å². The molecule has 2 heterocycles. The monoisotopic (exact) mass is 346 g/mol. The number of aliphatic hydroxyl groups excluding tert-OH is 3. The molecule has 10 nitrogen and oxygen atoms in total. The Morgan fingerprint density at radius 2 is 2.04 bits per heavy atom. The van der Waals surface area contributed by atoms with Crippen molar-refractivity contribution >= 4 is 18.9 Å². The lowest BCUT2D eigenvalue weighted by atomic mass is 10.1. The summed E-state index contributed by atoms with van der Waals surface area (Å²) in [7, 11) is -4.69. The molecule has 0 aliphatic carbocycles. The Morgan fingerprint density at radius 1 is 1.30 bits per heavy atom. The number of fused-ring (bicyclic) bond motifs is 1. The molecule has 23 heavy (non-hydrogen) atoms. The number of H-pyrrole nitrogens is 1. The van der Waals surface area contributed by atoms with Gasteiger partial charge in [-0.25, -0.2) is 9.09 Å². The quantitative estimate of drug-likeness (QED) is 0.451. The summed E-state index contributed by atoms with van der Waals surface area (Å²) in [5.74, 6) is 0. The van der Waals surface area contributed by atoms with Gasteiger partial charge in [0.15, 0.2) is 6.29 Å². The van der Waals surface area contributed by atoms with Crippen LogP contribution in [-0.4, -0.2) is 61.4 Å². The van der Waals surface area contributed by atoms with E-state index in [1.807, 2.05) is 0 Å². The van der Waals surface area contributed by atoms with Crippen LogP contribution in [0.3, 0.4) is 0 Å². The maximum atomic E-state index is 12.0. The summed E-state index contributed by atoms with van der Waals surface area (Å²) < 4.78 is 26.4. The number of imidazole rings is 1. The number of aliphatic hydroxyl groups is 3. The van der Waals surface area contributed by atoms with E-state index in [0.717, 1.165) is 0 Å². The van der Waals surface area contributed by atoms with Gasteiger partial charge in [0, 0.05) is 0 Å². The third-order valence-electron chi connectivity index (χ3n) is 3.31. The summed E-state index contributed by atoms with van der Waals surface area (Å²) in [6.07, 6.45) is -5.80. The number of para-hydroxylation sites is 2. The Balaban J connectivity index is 1.70. The van der Waals surface area contributed by atoms with Gasteiger partial charge in [0.2, 0.25) is 0 Å². The van der Waals surface area contributed by atoms with Gasteiger partial charge in [-0.3, -0.25) is 4.89 Å². The second kappa shape index (κ2) is 6.17. The first kappa shape index (κ1) is 16.3. The maximum absolute atomic E-state index is 12.0. The molecule has 0 spiro atoms. The number of nitrogens with zero attached hydrogens (tertiary/aromatic N) is 1. The van der Waals surface area contributed by atoms with Gasteiger partial charge < -0.3 is 29.6 Å². The fraction of sp³-hybridized carbons (Fsp3) is 0.417. The molecule has 2 unspecified atom stereocenters. The number of hydrogen-bond acceptors (Lipinski definition) is 8. The Kier molecular flexibility index (Phi) is 4.39. The van der Waals surface area contributed by atoms with Crippen molar-refractivity contribution in [2.45, 2.75) is 24.6 Å². The molecule has 0 bridgehead atoms. The lowest BCUT2D eigenvalue weighted by Crippen LogP contribution is -2.34. The van der Waals surface area contributed by atoms with E-state index in [2.05, 4.69) is 9.97 Å². The molecule has 5 atom stereocenters. The highest BCUT2D eigenvalue weighted by molar-refractivity contribution is 7.47. The summed E-state index contributed by atoms with van der Waals surface area (Å²) in [4.78, 5) is 16.4. The summed E-state index contributed by atoms with van der Waals surface area (Å²) in [6, 6.07) is 6.61. The number of rotatable bonds is 5. The second-order valence-corrected chi connectivity index (χ2v) is 6.26. The molecule has 0 radical (unpaired) electrons. The summed E-state index contributed by atoms with van der Waals surface area (Å²) in [5.41, 5.74) is 1.12. The zero-order valence-electron chi connectivity index (χ0n) is 11.6. The van der Waals surface area contributed by atoms with E-state index in [4.69, 9.17) is 18.9 Å². The van der Waals surface area contributed by atoms with E-state index in [1.54, 1.807) is 24.3 Å². The highest BCUT2D eigenvalue weighted by Gasteiger charge is 2.47. The Hall–Kier alpha value is -1.52. The number of aromatic nitrogens is 2. The van der Waals surface area contributed by atoms with Crippen molar-refractivity contribution in [3.05, 3.63) is 24.3 Å². The number of phosphoric ester groups is 1. The molecule has 5 N–H and O–H groups in total. The van der Waals surface area contributed by atoms with Crippen molar-refractivity contribution in [3.63, 3.8) is 0 Å². The molecule has 1 aliphatic heterocycles. The molecule has 1 fully saturated rings. The molecule has 11 heteroatoms. The lowest BCUT2D eigenvalue weighted by molar-refractivity contribution is -0.125. The van der Waals surface area contributed by atoms with Crippen molar-refractivity contribution in [1.82, 2.24) is 9.97 Å². The van der Waals surface area contributed by atoms with Crippen LogP contribution in [0, 0.1) is 0 Å². The van der Waals surface area contributed by atoms with Crippen LogP contribution in [0.15, 0.2) is 24.3 Å². The van der Waals surface area contributed by atoms with Crippen LogP contribution in [0.1, 0.15) is 0 Å². The molecule has 1 aromatic heterocycles. The van der Waals surface area contributed by atoms with E-state index < -0.39 is 39.0 Å². The zero-order valence-corrected chi connectivity index (χ0v) is 12.5. The third-order valence-corrected chi connectivity index (χ3v) is 4.18. The van der Waals surface area contributed by atoms with Gasteiger partial charge in [-0.15, -0.1) is 0 Å². The van der Waals surface area contributed by atoms with E-state index >= 15 is 0 Å². The Bertz CT molecular complexity index is 704. The molecule has 0 amide bonds. The first-order valence-electron chi connectivity index (χ1n) is 6.67. The van der Waals surface area contributed by atoms with E-state index in [0.29, 0.717) is 11.0 Å². The molecule has 1 saturated heterocycles. The average Bonchev–Trinajstić information content (AvgIpc) is 3.01. The average molecular weight is 346 g/mol. The number of nitrogens with one attached hydrogen (secondary N) is 1. The first-order valence-corrected chi connectivity index (χ1v) is 8.17. The predicted molar refractivity (Wildman–Crippen MR) is 75.4 cm³/mol. The molecule has 1 aromatic carbocycles. The van der Waals surface area contributed by atoms with Crippen LogP contribution in [0.5, 0.6) is 6.01 Å². The molecule has 3 rings (SSSR count). The van der Waals surface area contributed by atoms with Gasteiger partial charge in [-0.2, -0.15) is 4.98 Å². The molecule has 2 aromatic rings. The zero-order chi connectivity index (χ0) is 16.6. The summed E-state index contributed by atoms with van der Waals surface area (Å²) in [5, 5.41) is 28.2. The Morgan fingerprint density at radius 3 is 2.70 bits per heavy atom. The highest BCUT2D eigenvalue weighted by Crippen LogP contribution is 2.46. The summed E-state index contributed by atoms with van der Waals surface area (Å²) in [6.45, 7) is -0.585. The fourth-order valence-electron chi connectivity index (χ4n) is 2.19. The van der Waals surface area contributed by atoms with Crippen molar-refractivity contribution in [1.29, 1.82) is 0 Å². The van der Waals surface area contributed by atoms with Gasteiger partial charge in [0.25, 0.3) is 0 Å². The maximum Gasteiger partial charge on any atom is 0.532 e. The number of benzene rings is 1. The Labute approximate surface area is 129 Å². The van der Waals surface area contributed by atoms with Crippen molar-refractivity contribution < 1.29 is 38.6 Å². The normalized spacial score (nSPS) is 30.4. The second-order valence-electron chi connectivity index (χ2n) is 4.93. The number of ether oxygens (including phenoxy) is 1. The molecule has 0 saturated carbocycles. The van der Waals surface area contributed by atoms with Crippen LogP contribution in [-0.2, 0) is 13.8 Å². The topological polar surface area (TPSA) is 154 Å². The van der Waals surface area contributed by atoms with Crippen LogP contribution < -0.4 is 4.52 Å².